The molecule has 1 atom stereocenters. The second-order valence-electron chi connectivity index (χ2n) is 6.69. The van der Waals surface area contributed by atoms with E-state index in [0.717, 1.165) is 12.8 Å². The number of nitrogens with zero attached hydrogens (tertiary/aromatic N) is 1. The van der Waals surface area contributed by atoms with Crippen LogP contribution in [0.1, 0.15) is 32.1 Å². The molecule has 5 nitrogen and oxygen atoms in total. The summed E-state index contributed by atoms with van der Waals surface area (Å²) in [5.41, 5.74) is -0.661. The molecule has 0 aromatic heterocycles. The first kappa shape index (κ1) is 17.8. The molecule has 3 rings (SSSR count). The van der Waals surface area contributed by atoms with Crippen LogP contribution in [-0.4, -0.2) is 42.1 Å². The van der Waals surface area contributed by atoms with E-state index in [-0.39, 0.29) is 17.7 Å². The second-order valence-corrected chi connectivity index (χ2v) is 6.69. The minimum Gasteiger partial charge on any atom is -0.406 e. The van der Waals surface area contributed by atoms with Gasteiger partial charge in [0.05, 0.1) is 0 Å². The topological polar surface area (TPSA) is 61.8 Å². The van der Waals surface area contributed by atoms with Crippen LogP contribution in [0, 0.1) is 0 Å². The Bertz CT molecular complexity index is 630. The lowest BCUT2D eigenvalue weighted by Crippen LogP contribution is -2.49. The highest BCUT2D eigenvalue weighted by Gasteiger charge is 2.40. The molecule has 2 aliphatic rings. The van der Waals surface area contributed by atoms with Gasteiger partial charge in [0.1, 0.15) is 11.4 Å². The summed E-state index contributed by atoms with van der Waals surface area (Å²) in [4.78, 5) is 14.1. The van der Waals surface area contributed by atoms with Crippen molar-refractivity contribution in [2.75, 3.05) is 18.0 Å². The van der Waals surface area contributed by atoms with Gasteiger partial charge < -0.3 is 20.1 Å². The van der Waals surface area contributed by atoms with Crippen LogP contribution in [-0.2, 0) is 4.79 Å². The molecule has 1 saturated carbocycles. The predicted molar refractivity (Wildman–Crippen MR) is 85.3 cm³/mol. The molecule has 1 amide bonds. The summed E-state index contributed by atoms with van der Waals surface area (Å²) < 4.78 is 40.9. The number of aliphatic hydroxyl groups is 1. The molecule has 25 heavy (non-hydrogen) atoms. The van der Waals surface area contributed by atoms with Gasteiger partial charge >= 0.3 is 6.36 Å². The fraction of sp³-hybridized carbons (Fsp3) is 0.588. The van der Waals surface area contributed by atoms with Crippen molar-refractivity contribution in [3.05, 3.63) is 24.3 Å². The second kappa shape index (κ2) is 6.74. The third-order valence-corrected chi connectivity index (χ3v) is 4.79. The number of amides is 1. The van der Waals surface area contributed by atoms with Crippen molar-refractivity contribution in [2.45, 2.75) is 50.1 Å². The molecule has 1 aliphatic heterocycles. The lowest BCUT2D eigenvalue weighted by atomic mass is 10.0. The summed E-state index contributed by atoms with van der Waals surface area (Å²) >= 11 is 0. The highest BCUT2D eigenvalue weighted by Crippen LogP contribution is 2.31. The molecule has 0 radical (unpaired) electrons. The van der Waals surface area contributed by atoms with Gasteiger partial charge in [-0.2, -0.15) is 0 Å². The van der Waals surface area contributed by atoms with Gasteiger partial charge in [-0.1, -0.05) is 6.07 Å². The van der Waals surface area contributed by atoms with Gasteiger partial charge in [0.2, 0.25) is 0 Å². The van der Waals surface area contributed by atoms with E-state index in [4.69, 9.17) is 0 Å². The average molecular weight is 358 g/mol. The van der Waals surface area contributed by atoms with Crippen LogP contribution in [0.4, 0.5) is 18.9 Å². The maximum Gasteiger partial charge on any atom is 0.573 e. The number of carbonyl (C=O) groups excluding carboxylic acids is 1. The first-order valence-corrected chi connectivity index (χ1v) is 8.39. The highest BCUT2D eigenvalue weighted by atomic mass is 19.4. The van der Waals surface area contributed by atoms with Crippen LogP contribution >= 0.6 is 0 Å². The SMILES string of the molecule is O=C(NC1CCN(c2cccc(OC(F)(F)F)c2)C1)C1(O)CCCC1. The summed E-state index contributed by atoms with van der Waals surface area (Å²) in [5, 5.41) is 13.2. The predicted octanol–water partition coefficient (Wildman–Crippen LogP) is 2.59. The van der Waals surface area contributed by atoms with Crippen LogP contribution in [0.25, 0.3) is 0 Å². The number of hydrogen-bond donors (Lipinski definition) is 2. The largest absolute Gasteiger partial charge is 0.573 e. The molecule has 138 valence electrons. The molecule has 0 bridgehead atoms. The molecular formula is C17H21F3N2O3. The van der Waals surface area contributed by atoms with Crippen LogP contribution in [0.5, 0.6) is 5.75 Å². The molecule has 0 spiro atoms. The van der Waals surface area contributed by atoms with E-state index < -0.39 is 12.0 Å². The van der Waals surface area contributed by atoms with Gasteiger partial charge in [-0.15, -0.1) is 13.2 Å². The van der Waals surface area contributed by atoms with Crippen LogP contribution < -0.4 is 15.0 Å². The maximum atomic E-state index is 12.3. The zero-order chi connectivity index (χ0) is 18.1. The minimum atomic E-state index is -4.73. The van der Waals surface area contributed by atoms with Crippen molar-refractivity contribution in [3.63, 3.8) is 0 Å². The van der Waals surface area contributed by atoms with E-state index in [2.05, 4.69) is 10.1 Å². The Morgan fingerprint density at radius 2 is 2.04 bits per heavy atom. The van der Waals surface area contributed by atoms with Gasteiger partial charge in [0.15, 0.2) is 0 Å². The molecule has 8 heteroatoms. The van der Waals surface area contributed by atoms with Crippen molar-refractivity contribution >= 4 is 11.6 Å². The number of ether oxygens (including phenoxy) is 1. The molecule has 1 unspecified atom stereocenters. The number of carbonyl (C=O) groups is 1. The summed E-state index contributed by atoms with van der Waals surface area (Å²) in [6.07, 6.45) is -1.42. The number of anilines is 1. The summed E-state index contributed by atoms with van der Waals surface area (Å²) in [5.74, 6) is -0.608. The van der Waals surface area contributed by atoms with E-state index in [9.17, 15) is 23.1 Å². The van der Waals surface area contributed by atoms with E-state index >= 15 is 0 Å². The Morgan fingerprint density at radius 3 is 2.72 bits per heavy atom. The lowest BCUT2D eigenvalue weighted by molar-refractivity contribution is -0.274. The number of rotatable bonds is 4. The molecule has 1 heterocycles. The van der Waals surface area contributed by atoms with Crippen molar-refractivity contribution in [2.24, 2.45) is 0 Å². The van der Waals surface area contributed by atoms with Crippen LogP contribution in [0.3, 0.4) is 0 Å². The zero-order valence-corrected chi connectivity index (χ0v) is 13.7. The summed E-state index contributed by atoms with van der Waals surface area (Å²) in [6, 6.07) is 5.66. The van der Waals surface area contributed by atoms with Crippen LogP contribution in [0.15, 0.2) is 24.3 Å². The molecule has 1 aromatic rings. The van der Waals surface area contributed by atoms with Gasteiger partial charge in [0.25, 0.3) is 5.91 Å². The Hall–Kier alpha value is -1.96. The molecule has 1 aromatic carbocycles. The van der Waals surface area contributed by atoms with Crippen molar-refractivity contribution in [1.29, 1.82) is 0 Å². The number of hydrogen-bond acceptors (Lipinski definition) is 4. The number of halogens is 3. The van der Waals surface area contributed by atoms with Gasteiger partial charge in [0, 0.05) is 30.9 Å². The smallest absolute Gasteiger partial charge is 0.406 e. The first-order chi connectivity index (χ1) is 11.8. The van der Waals surface area contributed by atoms with E-state index in [0.29, 0.717) is 38.0 Å². The van der Waals surface area contributed by atoms with Crippen LogP contribution in [0.2, 0.25) is 0 Å². The lowest BCUT2D eigenvalue weighted by Gasteiger charge is -2.24. The van der Waals surface area contributed by atoms with Crippen molar-refractivity contribution < 1.29 is 27.8 Å². The third kappa shape index (κ3) is 4.36. The fourth-order valence-corrected chi connectivity index (χ4v) is 3.50. The maximum absolute atomic E-state index is 12.3. The monoisotopic (exact) mass is 358 g/mol. The molecular weight excluding hydrogens is 337 g/mol. The molecule has 1 aliphatic carbocycles. The zero-order valence-electron chi connectivity index (χ0n) is 13.7. The Balaban J connectivity index is 1.59. The Morgan fingerprint density at radius 1 is 1.32 bits per heavy atom. The van der Waals surface area contributed by atoms with E-state index in [1.54, 1.807) is 6.07 Å². The average Bonchev–Trinajstić information content (AvgIpc) is 3.16. The summed E-state index contributed by atoms with van der Waals surface area (Å²) in [7, 11) is 0. The fourth-order valence-electron chi connectivity index (χ4n) is 3.50. The standard InChI is InChI=1S/C17H21F3N2O3/c18-17(19,20)25-14-5-3-4-13(10-14)22-9-6-12(11-22)21-15(23)16(24)7-1-2-8-16/h3-5,10,12,24H,1-2,6-9,11H2,(H,21,23). The third-order valence-electron chi connectivity index (χ3n) is 4.79. The van der Waals surface area contributed by atoms with E-state index in [1.807, 2.05) is 4.90 Å². The van der Waals surface area contributed by atoms with Crippen molar-refractivity contribution in [1.82, 2.24) is 5.32 Å². The van der Waals surface area contributed by atoms with Gasteiger partial charge in [-0.25, -0.2) is 0 Å². The van der Waals surface area contributed by atoms with E-state index in [1.165, 1.54) is 18.2 Å². The molecule has 2 N–H and O–H groups in total. The highest BCUT2D eigenvalue weighted by molar-refractivity contribution is 5.85. The Labute approximate surface area is 143 Å². The van der Waals surface area contributed by atoms with Gasteiger partial charge in [-0.3, -0.25) is 4.79 Å². The summed E-state index contributed by atoms with van der Waals surface area (Å²) in [6.45, 7) is 1.09. The minimum absolute atomic E-state index is 0.135. The van der Waals surface area contributed by atoms with Gasteiger partial charge in [-0.05, 0) is 44.2 Å². The molecule has 1 saturated heterocycles. The molecule has 2 fully saturated rings. The van der Waals surface area contributed by atoms with Crippen molar-refractivity contribution in [3.8, 4) is 5.75 Å². The number of nitrogens with one attached hydrogen (secondary N) is 1. The Kier molecular flexibility index (Phi) is 4.81. The normalized spacial score (nSPS) is 22.9. The number of benzene rings is 1. The quantitative estimate of drug-likeness (QED) is 0.869. The number of alkyl halides is 3. The first-order valence-electron chi connectivity index (χ1n) is 8.39.